The second-order valence-corrected chi connectivity index (χ2v) is 27.5. The van der Waals surface area contributed by atoms with Crippen LogP contribution in [0.25, 0.3) is 21.5 Å². The highest BCUT2D eigenvalue weighted by atomic mass is 16.6. The molecule has 0 radical (unpaired) electrons. The first kappa shape index (κ1) is 48.4. The third-order valence-corrected chi connectivity index (χ3v) is 22.2. The number of fused-ring (bicyclic) bond motifs is 6. The SMILES string of the molecule is CC1CCC2C(C)(C)C2(Oc2ccc(Oc3c4c(=O)oc(=O)c4c(Oc4ccc(OC56CC(C)CCC5C6(C)C)c(OC56CC(C)CCC5C6(C)C)c4)c4c(=O)oc(=O)c34)cc2OC23CC(C)CCC2C3(C)C)C1. The zero-order valence-corrected chi connectivity index (χ0v) is 45.5. The van der Waals surface area contributed by atoms with Crippen molar-refractivity contribution in [3.63, 3.8) is 0 Å². The number of benzene rings is 3. The molecule has 12 unspecified atom stereocenters. The molecule has 0 spiro atoms. The molecule has 12 nitrogen and oxygen atoms in total. The fraction of sp³-hybridized carbons (Fsp3) is 0.645. The summed E-state index contributed by atoms with van der Waals surface area (Å²) >= 11 is 0. The summed E-state index contributed by atoms with van der Waals surface area (Å²) in [6.45, 7) is 27.4. The minimum Gasteiger partial charge on any atom is -0.482 e. The molecular formula is C62H74O12. The van der Waals surface area contributed by atoms with E-state index in [-0.39, 0.29) is 77.4 Å². The molecule has 74 heavy (non-hydrogen) atoms. The summed E-state index contributed by atoms with van der Waals surface area (Å²) in [5.74, 6) is 5.36. The van der Waals surface area contributed by atoms with Crippen molar-refractivity contribution in [2.24, 2.45) is 69.0 Å². The van der Waals surface area contributed by atoms with Crippen LogP contribution in [-0.4, -0.2) is 22.4 Å². The molecule has 2 heterocycles. The van der Waals surface area contributed by atoms with Gasteiger partial charge >= 0.3 is 22.5 Å². The molecule has 8 fully saturated rings. The third-order valence-electron chi connectivity index (χ3n) is 22.2. The lowest BCUT2D eigenvalue weighted by molar-refractivity contribution is 0.0574. The monoisotopic (exact) mass is 1010 g/mol. The second-order valence-electron chi connectivity index (χ2n) is 27.5. The highest BCUT2D eigenvalue weighted by Gasteiger charge is 2.78. The molecule has 5 aromatic rings. The number of ether oxygens (including phenoxy) is 6. The lowest BCUT2D eigenvalue weighted by atomic mass is 9.88. The Labute approximate surface area is 432 Å². The standard InChI is InChI=1S/C62H74O12/c1-31-13-21-41-55(5,6)59(41,27-31)71-37-19-17-35(25-39(37)73-61-29-33(3)15-23-43(61)57(61,9)10)67-49-45-47(53(65)69-51(45)63)50(48-46(49)52(64)70-54(48)66)68-36-18-20-38(72-60-28-32(2)14-22-42(60)56(60,7)8)40(26-36)74-62-30-34(4)16-24-44(62)58(62,11)12/h17-20,25-26,31-34,41-44H,13-16,21-24,27-30H2,1-12H3. The molecule has 0 bridgehead atoms. The van der Waals surface area contributed by atoms with Crippen molar-refractivity contribution in [1.82, 2.24) is 0 Å². The summed E-state index contributed by atoms with van der Waals surface area (Å²) < 4.78 is 52.8. The molecule has 3 aromatic carbocycles. The van der Waals surface area contributed by atoms with Gasteiger partial charge < -0.3 is 37.3 Å². The second kappa shape index (κ2) is 15.2. The summed E-state index contributed by atoms with van der Waals surface area (Å²) in [6, 6.07) is 10.6. The van der Waals surface area contributed by atoms with Crippen LogP contribution in [0.2, 0.25) is 0 Å². The largest absolute Gasteiger partial charge is 0.482 e. The Morgan fingerprint density at radius 1 is 0.378 bits per heavy atom. The van der Waals surface area contributed by atoms with Gasteiger partial charge in [0.15, 0.2) is 34.5 Å². The van der Waals surface area contributed by atoms with E-state index in [1.165, 1.54) is 0 Å². The van der Waals surface area contributed by atoms with Crippen molar-refractivity contribution in [2.75, 3.05) is 0 Å². The average molecular weight is 1010 g/mol. The smallest absolute Gasteiger partial charge is 0.350 e. The number of rotatable bonds is 12. The molecule has 8 aliphatic rings. The molecule has 0 amide bonds. The van der Waals surface area contributed by atoms with E-state index in [0.29, 0.717) is 70.3 Å². The van der Waals surface area contributed by atoms with Crippen LogP contribution in [-0.2, 0) is 0 Å². The number of furan rings is 2. The average Bonchev–Trinajstić information content (AvgIpc) is 4.20. The normalized spacial score (nSPS) is 37.1. The Morgan fingerprint density at radius 2 is 0.635 bits per heavy atom. The maximum absolute atomic E-state index is 14.0. The van der Waals surface area contributed by atoms with Gasteiger partial charge in [-0.05, 0) is 99.3 Å². The van der Waals surface area contributed by atoms with Gasteiger partial charge in [-0.15, -0.1) is 0 Å². The van der Waals surface area contributed by atoms with Crippen LogP contribution in [0.5, 0.6) is 46.0 Å². The van der Waals surface area contributed by atoms with Gasteiger partial charge in [-0.25, -0.2) is 19.2 Å². The third kappa shape index (κ3) is 6.37. The van der Waals surface area contributed by atoms with Crippen LogP contribution < -0.4 is 50.9 Å². The van der Waals surface area contributed by atoms with Gasteiger partial charge in [-0.3, -0.25) is 0 Å². The van der Waals surface area contributed by atoms with Crippen molar-refractivity contribution in [3.8, 4) is 46.0 Å². The molecular weight excluding hydrogens is 937 g/mol. The van der Waals surface area contributed by atoms with Crippen molar-refractivity contribution >= 4 is 21.5 Å². The molecule has 13 rings (SSSR count). The van der Waals surface area contributed by atoms with E-state index in [1.807, 2.05) is 12.1 Å². The van der Waals surface area contributed by atoms with E-state index in [2.05, 4.69) is 83.1 Å². The minimum atomic E-state index is -1.05. The van der Waals surface area contributed by atoms with E-state index in [9.17, 15) is 19.2 Å². The molecule has 0 N–H and O–H groups in total. The maximum Gasteiger partial charge on any atom is 0.350 e. The molecule has 8 aliphatic carbocycles. The molecule has 0 saturated heterocycles. The van der Waals surface area contributed by atoms with Gasteiger partial charge in [-0.2, -0.15) is 0 Å². The van der Waals surface area contributed by atoms with Crippen molar-refractivity contribution < 1.29 is 37.3 Å². The predicted octanol–water partition coefficient (Wildman–Crippen LogP) is 13.5. The first-order valence-corrected chi connectivity index (χ1v) is 28.0. The van der Waals surface area contributed by atoms with E-state index in [1.54, 1.807) is 24.3 Å². The highest BCUT2D eigenvalue weighted by Crippen LogP contribution is 2.75. The van der Waals surface area contributed by atoms with Crippen LogP contribution in [0.1, 0.15) is 160 Å². The van der Waals surface area contributed by atoms with Crippen LogP contribution in [0.4, 0.5) is 0 Å². The van der Waals surface area contributed by atoms with Gasteiger partial charge in [0.1, 0.15) is 55.4 Å². The number of hydrogen-bond acceptors (Lipinski definition) is 12. The van der Waals surface area contributed by atoms with Crippen molar-refractivity contribution in [2.45, 2.75) is 183 Å². The zero-order chi connectivity index (χ0) is 52.2. The Kier molecular flexibility index (Phi) is 9.96. The van der Waals surface area contributed by atoms with Crippen LogP contribution in [0.3, 0.4) is 0 Å². The molecule has 394 valence electrons. The minimum absolute atomic E-state index is 0.0334. The predicted molar refractivity (Wildman–Crippen MR) is 281 cm³/mol. The van der Waals surface area contributed by atoms with Crippen molar-refractivity contribution in [1.29, 1.82) is 0 Å². The quantitative estimate of drug-likeness (QED) is 0.117. The molecule has 8 saturated carbocycles. The molecule has 12 heteroatoms. The van der Waals surface area contributed by atoms with Crippen LogP contribution in [0, 0.1) is 69.0 Å². The van der Waals surface area contributed by atoms with Gasteiger partial charge in [0, 0.05) is 57.5 Å². The Morgan fingerprint density at radius 3 is 0.905 bits per heavy atom. The first-order chi connectivity index (χ1) is 34.8. The topological polar surface area (TPSA) is 150 Å². The zero-order valence-electron chi connectivity index (χ0n) is 45.5. The Balaban J connectivity index is 0.906. The Bertz CT molecular complexity index is 3100. The van der Waals surface area contributed by atoms with Gasteiger partial charge in [0.05, 0.1) is 0 Å². The first-order valence-electron chi connectivity index (χ1n) is 28.0. The molecule has 2 aromatic heterocycles. The lowest BCUT2D eigenvalue weighted by Crippen LogP contribution is -2.33. The maximum atomic E-state index is 14.0. The van der Waals surface area contributed by atoms with E-state index < -0.39 is 33.7 Å². The van der Waals surface area contributed by atoms with E-state index >= 15 is 0 Å². The summed E-state index contributed by atoms with van der Waals surface area (Å²) in [5, 5.41) is -1.39. The summed E-state index contributed by atoms with van der Waals surface area (Å²) in [4.78, 5) is 56.0. The van der Waals surface area contributed by atoms with Crippen LogP contribution >= 0.6 is 0 Å². The summed E-state index contributed by atoms with van der Waals surface area (Å²) in [6.07, 6.45) is 12.5. The fourth-order valence-electron chi connectivity index (χ4n) is 17.5. The van der Waals surface area contributed by atoms with Gasteiger partial charge in [0.2, 0.25) is 0 Å². The lowest BCUT2D eigenvalue weighted by Gasteiger charge is -2.33. The van der Waals surface area contributed by atoms with Gasteiger partial charge in [-0.1, -0.05) is 109 Å². The van der Waals surface area contributed by atoms with E-state index in [0.717, 1.165) is 77.0 Å². The van der Waals surface area contributed by atoms with Crippen molar-refractivity contribution in [3.05, 3.63) is 78.1 Å². The Hall–Kier alpha value is -5.26. The van der Waals surface area contributed by atoms with E-state index in [4.69, 9.17) is 37.3 Å². The fourth-order valence-corrected chi connectivity index (χ4v) is 17.5. The molecule has 12 atom stereocenters. The number of hydrogen-bond donors (Lipinski definition) is 0. The summed E-state index contributed by atoms with van der Waals surface area (Å²) in [5.41, 5.74) is -6.04. The summed E-state index contributed by atoms with van der Waals surface area (Å²) in [7, 11) is 0. The highest BCUT2D eigenvalue weighted by molar-refractivity contribution is 6.10. The van der Waals surface area contributed by atoms with Crippen LogP contribution in [0.15, 0.2) is 64.4 Å². The molecule has 0 aliphatic heterocycles. The van der Waals surface area contributed by atoms with Gasteiger partial charge in [0.25, 0.3) is 0 Å².